The van der Waals surface area contributed by atoms with Crippen molar-refractivity contribution in [2.75, 3.05) is 23.8 Å². The van der Waals surface area contributed by atoms with Crippen molar-refractivity contribution in [1.29, 1.82) is 0 Å². The number of nitrogens with one attached hydrogen (secondary N) is 1. The number of nitrogen functional groups attached to an aromatic ring is 1. The summed E-state index contributed by atoms with van der Waals surface area (Å²) >= 11 is 6.37. The molecular formula is C28H36ClN5O4S. The molecule has 0 aliphatic carbocycles. The molecule has 0 radical (unpaired) electrons. The van der Waals surface area contributed by atoms with Crippen molar-refractivity contribution in [3.05, 3.63) is 59.1 Å². The number of halogens is 1. The van der Waals surface area contributed by atoms with Gasteiger partial charge in [-0.1, -0.05) is 44.5 Å². The number of aromatic nitrogens is 2. The van der Waals surface area contributed by atoms with Gasteiger partial charge >= 0.3 is 0 Å². The fourth-order valence-electron chi connectivity index (χ4n) is 4.79. The van der Waals surface area contributed by atoms with Gasteiger partial charge in [0.05, 0.1) is 22.9 Å². The smallest absolute Gasteiger partial charge is 0.281 e. The first-order valence-corrected chi connectivity index (χ1v) is 14.6. The SMILES string of the molecule is CC(C)COc1cc(-c2ccc(C(=O)NS(=O)(=O)c3cccc(N)n3)c(N3CC(C)CC3(C)C)n2)ccc1Cl.[HH]. The Balaban J connectivity index is 0.00000441. The Morgan fingerprint density at radius 3 is 2.62 bits per heavy atom. The molecule has 1 atom stereocenters. The molecule has 0 spiro atoms. The summed E-state index contributed by atoms with van der Waals surface area (Å²) < 4.78 is 33.9. The average Bonchev–Trinajstić information content (AvgIpc) is 3.14. The van der Waals surface area contributed by atoms with E-state index in [2.05, 4.69) is 49.2 Å². The number of carbonyl (C=O) groups is 1. The zero-order chi connectivity index (χ0) is 28.5. The maximum Gasteiger partial charge on any atom is 0.281 e. The van der Waals surface area contributed by atoms with E-state index in [9.17, 15) is 13.2 Å². The monoisotopic (exact) mass is 573 g/mol. The van der Waals surface area contributed by atoms with Gasteiger partial charge in [-0.15, -0.1) is 0 Å². The van der Waals surface area contributed by atoms with Gasteiger partial charge in [-0.3, -0.25) is 4.79 Å². The van der Waals surface area contributed by atoms with Gasteiger partial charge in [0.1, 0.15) is 17.4 Å². The number of ether oxygens (including phenoxy) is 1. The van der Waals surface area contributed by atoms with Crippen LogP contribution in [0.3, 0.4) is 0 Å². The molecule has 1 fully saturated rings. The summed E-state index contributed by atoms with van der Waals surface area (Å²) in [7, 11) is -4.26. The molecule has 0 bridgehead atoms. The van der Waals surface area contributed by atoms with Gasteiger partial charge in [-0.25, -0.2) is 14.7 Å². The van der Waals surface area contributed by atoms with Gasteiger partial charge in [0.2, 0.25) is 0 Å². The normalized spacial score (nSPS) is 16.9. The van der Waals surface area contributed by atoms with Gasteiger partial charge in [0.25, 0.3) is 15.9 Å². The van der Waals surface area contributed by atoms with Gasteiger partial charge in [0.15, 0.2) is 5.03 Å². The van der Waals surface area contributed by atoms with Crippen LogP contribution in [-0.4, -0.2) is 43.0 Å². The van der Waals surface area contributed by atoms with Crippen LogP contribution in [0, 0.1) is 11.8 Å². The number of nitrogens with two attached hydrogens (primary N) is 1. The van der Waals surface area contributed by atoms with E-state index in [0.717, 1.165) is 12.0 Å². The molecule has 3 heterocycles. The number of sulfonamides is 1. The summed E-state index contributed by atoms with van der Waals surface area (Å²) in [5, 5.41) is 0.151. The minimum Gasteiger partial charge on any atom is -0.492 e. The summed E-state index contributed by atoms with van der Waals surface area (Å²) in [4.78, 5) is 24.2. The minimum absolute atomic E-state index is 0. The lowest BCUT2D eigenvalue weighted by Crippen LogP contribution is -2.41. The molecule has 3 aromatic rings. The molecule has 1 amide bonds. The highest BCUT2D eigenvalue weighted by Gasteiger charge is 2.39. The lowest BCUT2D eigenvalue weighted by molar-refractivity contribution is 0.0981. The van der Waals surface area contributed by atoms with Crippen LogP contribution >= 0.6 is 11.6 Å². The number of anilines is 2. The highest BCUT2D eigenvalue weighted by molar-refractivity contribution is 7.90. The first kappa shape index (κ1) is 28.6. The summed E-state index contributed by atoms with van der Waals surface area (Å²) in [6.45, 7) is 11.6. The van der Waals surface area contributed by atoms with Crippen molar-refractivity contribution in [1.82, 2.24) is 14.7 Å². The molecule has 9 nitrogen and oxygen atoms in total. The van der Waals surface area contributed by atoms with Crippen molar-refractivity contribution in [3.63, 3.8) is 0 Å². The van der Waals surface area contributed by atoms with E-state index in [1.54, 1.807) is 18.2 Å². The molecule has 1 saturated heterocycles. The number of benzene rings is 1. The molecule has 210 valence electrons. The number of pyridine rings is 2. The van der Waals surface area contributed by atoms with Crippen molar-refractivity contribution in [2.45, 2.75) is 51.6 Å². The van der Waals surface area contributed by atoms with Crippen molar-refractivity contribution >= 4 is 39.2 Å². The Bertz CT molecular complexity index is 1500. The summed E-state index contributed by atoms with van der Waals surface area (Å²) in [6, 6.07) is 12.9. The van der Waals surface area contributed by atoms with E-state index in [4.69, 9.17) is 27.1 Å². The average molecular weight is 574 g/mol. The first-order chi connectivity index (χ1) is 18.3. The second-order valence-corrected chi connectivity index (χ2v) is 13.0. The second kappa shape index (κ2) is 11.0. The summed E-state index contributed by atoms with van der Waals surface area (Å²) in [6.07, 6.45) is 0.889. The molecule has 2 aromatic heterocycles. The third-order valence-corrected chi connectivity index (χ3v) is 8.04. The maximum absolute atomic E-state index is 13.4. The number of hydrogen-bond donors (Lipinski definition) is 2. The van der Waals surface area contributed by atoms with E-state index in [1.807, 2.05) is 12.1 Å². The molecule has 11 heteroatoms. The Morgan fingerprint density at radius 2 is 1.97 bits per heavy atom. The number of hydrogen-bond acceptors (Lipinski definition) is 8. The summed E-state index contributed by atoms with van der Waals surface area (Å²) in [5.41, 5.74) is 6.84. The standard InChI is InChI=1S/C28H34ClN5O4S.H2/c1-17(2)16-38-23-13-19(9-11-21(23)29)22-12-10-20(26(31-22)34-15-18(3)14-28(34,4)5)27(35)33-39(36,37)25-8-6-7-24(30)32-25;/h6-13,17-18H,14-16H2,1-5H3,(H2,30,32)(H,33,35);1H. The molecule has 0 saturated carbocycles. The van der Waals surface area contributed by atoms with Crippen LogP contribution in [0.25, 0.3) is 11.3 Å². The van der Waals surface area contributed by atoms with E-state index >= 15 is 0 Å². The molecule has 1 unspecified atom stereocenters. The van der Waals surface area contributed by atoms with Crippen LogP contribution in [0.2, 0.25) is 5.02 Å². The fourth-order valence-corrected chi connectivity index (χ4v) is 5.91. The minimum atomic E-state index is -4.26. The highest BCUT2D eigenvalue weighted by atomic mass is 35.5. The Hall–Kier alpha value is -3.37. The molecule has 39 heavy (non-hydrogen) atoms. The van der Waals surface area contributed by atoms with Crippen molar-refractivity contribution < 1.29 is 19.4 Å². The zero-order valence-electron chi connectivity index (χ0n) is 22.7. The second-order valence-electron chi connectivity index (χ2n) is 11.0. The van der Waals surface area contributed by atoms with Gasteiger partial charge in [-0.05, 0) is 68.5 Å². The molecule has 3 N–H and O–H groups in total. The molecule has 1 aliphatic heterocycles. The van der Waals surface area contributed by atoms with Crippen molar-refractivity contribution in [3.8, 4) is 17.0 Å². The van der Waals surface area contributed by atoms with Gasteiger partial charge in [0, 0.05) is 19.1 Å². The predicted molar refractivity (Wildman–Crippen MR) is 156 cm³/mol. The van der Waals surface area contributed by atoms with Gasteiger partial charge in [-0.2, -0.15) is 8.42 Å². The molecule has 4 rings (SSSR count). The van der Waals surface area contributed by atoms with Crippen LogP contribution in [0.5, 0.6) is 5.75 Å². The lowest BCUT2D eigenvalue weighted by atomic mass is 9.97. The number of carbonyl (C=O) groups excluding carboxylic acids is 1. The lowest BCUT2D eigenvalue weighted by Gasteiger charge is -2.34. The van der Waals surface area contributed by atoms with E-state index in [1.165, 1.54) is 18.2 Å². The number of nitrogens with zero attached hydrogens (tertiary/aromatic N) is 3. The van der Waals surface area contributed by atoms with Crippen LogP contribution in [-0.2, 0) is 10.0 Å². The Labute approximate surface area is 236 Å². The quantitative estimate of drug-likeness (QED) is 0.366. The topological polar surface area (TPSA) is 128 Å². The van der Waals surface area contributed by atoms with Crippen molar-refractivity contribution in [2.24, 2.45) is 11.8 Å². The number of amides is 1. The highest BCUT2D eigenvalue weighted by Crippen LogP contribution is 2.39. The fraction of sp³-hybridized carbons (Fsp3) is 0.393. The third-order valence-electron chi connectivity index (χ3n) is 6.49. The maximum atomic E-state index is 13.4. The predicted octanol–water partition coefficient (Wildman–Crippen LogP) is 5.40. The Kier molecular flexibility index (Phi) is 8.09. The molecule has 1 aliphatic rings. The molecule has 1 aromatic carbocycles. The van der Waals surface area contributed by atoms with Crippen LogP contribution in [0.4, 0.5) is 11.6 Å². The van der Waals surface area contributed by atoms with E-state index in [0.29, 0.717) is 47.3 Å². The summed E-state index contributed by atoms with van der Waals surface area (Å²) in [5.74, 6) is 0.849. The first-order valence-electron chi connectivity index (χ1n) is 12.8. The number of rotatable bonds is 8. The van der Waals surface area contributed by atoms with Crippen LogP contribution in [0.15, 0.2) is 53.6 Å². The largest absolute Gasteiger partial charge is 0.492 e. The van der Waals surface area contributed by atoms with Crippen LogP contribution in [0.1, 0.15) is 52.8 Å². The Morgan fingerprint density at radius 1 is 1.23 bits per heavy atom. The van der Waals surface area contributed by atoms with E-state index in [-0.39, 0.29) is 23.4 Å². The third kappa shape index (κ3) is 6.45. The van der Waals surface area contributed by atoms with E-state index < -0.39 is 15.9 Å². The van der Waals surface area contributed by atoms with Crippen LogP contribution < -0.4 is 20.1 Å². The molecular weight excluding hydrogens is 538 g/mol. The zero-order valence-corrected chi connectivity index (χ0v) is 24.3. The van der Waals surface area contributed by atoms with Gasteiger partial charge < -0.3 is 15.4 Å².